The van der Waals surface area contributed by atoms with Gasteiger partial charge in [-0.05, 0) is 54.6 Å². The number of para-hydroxylation sites is 4. The van der Waals surface area contributed by atoms with E-state index in [1.165, 1.54) is 58.4 Å². The summed E-state index contributed by atoms with van der Waals surface area (Å²) in [6.45, 7) is 0. The van der Waals surface area contributed by atoms with Crippen LogP contribution in [0.25, 0.3) is 75.2 Å². The van der Waals surface area contributed by atoms with Crippen LogP contribution in [0.4, 0.5) is 0 Å². The first-order chi connectivity index (χ1) is 20.3. The average Bonchev–Trinajstić information content (AvgIpc) is 3.68. The highest BCUT2D eigenvalue weighted by atomic mass is 32.1. The van der Waals surface area contributed by atoms with Crippen LogP contribution in [-0.4, -0.2) is 9.13 Å². The molecule has 0 amide bonds. The van der Waals surface area contributed by atoms with E-state index in [0.717, 1.165) is 16.8 Å². The van der Waals surface area contributed by atoms with Gasteiger partial charge in [-0.2, -0.15) is 5.26 Å². The predicted octanol–water partition coefficient (Wildman–Crippen LogP) is 10.1. The highest BCUT2D eigenvalue weighted by Gasteiger charge is 2.20. The van der Waals surface area contributed by atoms with Gasteiger partial charge < -0.3 is 9.13 Å². The van der Waals surface area contributed by atoms with Gasteiger partial charge in [0, 0.05) is 42.7 Å². The summed E-state index contributed by atoms with van der Waals surface area (Å²) >= 11 is 1.80. The third-order valence-electron chi connectivity index (χ3n) is 8.32. The predicted molar refractivity (Wildman–Crippen MR) is 173 cm³/mol. The Labute approximate surface area is 239 Å². The number of aromatic nitrogens is 2. The van der Waals surface area contributed by atoms with Crippen molar-refractivity contribution in [3.05, 3.63) is 133 Å². The second-order valence-electron chi connectivity index (χ2n) is 10.5. The summed E-state index contributed by atoms with van der Waals surface area (Å²) in [7, 11) is 0. The highest BCUT2D eigenvalue weighted by Crippen LogP contribution is 2.43. The van der Waals surface area contributed by atoms with Crippen LogP contribution in [0.5, 0.6) is 0 Å². The first kappa shape index (κ1) is 22.4. The Kier molecular flexibility index (Phi) is 4.55. The number of hydrogen-bond acceptors (Lipinski definition) is 2. The Hall–Kier alpha value is -5.37. The zero-order chi connectivity index (χ0) is 27.1. The zero-order valence-electron chi connectivity index (χ0n) is 21.9. The maximum Gasteiger partial charge on any atom is 0.0991 e. The van der Waals surface area contributed by atoms with Gasteiger partial charge >= 0.3 is 0 Å². The molecule has 0 N–H and O–H groups in total. The molecule has 0 aliphatic rings. The first-order valence-corrected chi connectivity index (χ1v) is 14.5. The van der Waals surface area contributed by atoms with Gasteiger partial charge in [0.1, 0.15) is 0 Å². The number of benzene rings is 6. The Morgan fingerprint density at radius 3 is 1.54 bits per heavy atom. The number of hydrogen-bond donors (Lipinski definition) is 0. The molecule has 0 fully saturated rings. The molecule has 3 aromatic heterocycles. The van der Waals surface area contributed by atoms with Gasteiger partial charge in [0.05, 0.1) is 44.1 Å². The van der Waals surface area contributed by atoms with E-state index in [1.807, 2.05) is 12.1 Å². The van der Waals surface area contributed by atoms with Gasteiger partial charge in [-0.25, -0.2) is 0 Å². The molecule has 0 atom stereocenters. The lowest BCUT2D eigenvalue weighted by Gasteiger charge is -2.14. The average molecular weight is 540 g/mol. The molecule has 3 nitrogen and oxygen atoms in total. The van der Waals surface area contributed by atoms with E-state index in [1.54, 1.807) is 11.3 Å². The van der Waals surface area contributed by atoms with Crippen LogP contribution in [0.15, 0.2) is 127 Å². The topological polar surface area (TPSA) is 33.6 Å². The molecule has 0 saturated heterocycles. The van der Waals surface area contributed by atoms with Crippen LogP contribution in [0, 0.1) is 11.3 Å². The first-order valence-electron chi connectivity index (χ1n) is 13.7. The quantitative estimate of drug-likeness (QED) is 0.215. The number of nitrogens with zero attached hydrogens (tertiary/aromatic N) is 3. The van der Waals surface area contributed by atoms with E-state index in [0.29, 0.717) is 5.56 Å². The van der Waals surface area contributed by atoms with Crippen molar-refractivity contribution < 1.29 is 0 Å². The standard InChI is InChI=1S/C37H21N3S/c38-22-23-17-18-36-29(19-23)30-20-24(39-31-13-5-1-9-25(31)26-10-2-6-14-32(26)39)21-35(37(30)41-36)40-33-15-7-3-11-27(33)28-12-4-8-16-34(28)40/h1-21H. The van der Waals surface area contributed by atoms with Crippen molar-refractivity contribution in [2.24, 2.45) is 0 Å². The summed E-state index contributed by atoms with van der Waals surface area (Å²) in [4.78, 5) is 0. The minimum Gasteiger partial charge on any atom is -0.309 e. The molecule has 6 aromatic carbocycles. The van der Waals surface area contributed by atoms with Gasteiger partial charge in [0.25, 0.3) is 0 Å². The molecule has 0 radical (unpaired) electrons. The number of fused-ring (bicyclic) bond motifs is 9. The molecule has 0 saturated carbocycles. The van der Waals surface area contributed by atoms with Gasteiger partial charge in [0.2, 0.25) is 0 Å². The molecule has 41 heavy (non-hydrogen) atoms. The fraction of sp³-hybridized carbons (Fsp3) is 0. The molecule has 190 valence electrons. The summed E-state index contributed by atoms with van der Waals surface area (Å²) in [6.07, 6.45) is 0. The van der Waals surface area contributed by atoms with Crippen LogP contribution >= 0.6 is 11.3 Å². The van der Waals surface area contributed by atoms with Crippen molar-refractivity contribution in [3.63, 3.8) is 0 Å². The second kappa shape index (κ2) is 8.32. The normalized spacial score (nSPS) is 11.9. The smallest absolute Gasteiger partial charge is 0.0991 e. The monoisotopic (exact) mass is 539 g/mol. The molecule has 9 rings (SSSR count). The molecular formula is C37H21N3S. The summed E-state index contributed by atoms with van der Waals surface area (Å²) in [5.74, 6) is 0. The lowest BCUT2D eigenvalue weighted by atomic mass is 10.1. The van der Waals surface area contributed by atoms with E-state index in [-0.39, 0.29) is 0 Å². The maximum atomic E-state index is 9.73. The fourth-order valence-electron chi connectivity index (χ4n) is 6.59. The molecule has 4 heteroatoms. The largest absolute Gasteiger partial charge is 0.309 e. The lowest BCUT2D eigenvalue weighted by molar-refractivity contribution is 1.15. The van der Waals surface area contributed by atoms with Crippen molar-refractivity contribution in [1.82, 2.24) is 9.13 Å². The zero-order valence-corrected chi connectivity index (χ0v) is 22.7. The van der Waals surface area contributed by atoms with E-state index in [4.69, 9.17) is 0 Å². The van der Waals surface area contributed by atoms with Crippen molar-refractivity contribution in [1.29, 1.82) is 5.26 Å². The summed E-state index contributed by atoms with van der Waals surface area (Å²) < 4.78 is 7.20. The maximum absolute atomic E-state index is 9.73. The summed E-state index contributed by atoms with van der Waals surface area (Å²) in [5, 5.41) is 17.0. The molecule has 0 aliphatic heterocycles. The van der Waals surface area contributed by atoms with Crippen molar-refractivity contribution in [2.45, 2.75) is 0 Å². The van der Waals surface area contributed by atoms with E-state index >= 15 is 0 Å². The van der Waals surface area contributed by atoms with Crippen LogP contribution in [0.1, 0.15) is 5.56 Å². The fourth-order valence-corrected chi connectivity index (χ4v) is 7.76. The Morgan fingerprint density at radius 2 is 1.00 bits per heavy atom. The number of thiophene rings is 1. The molecule has 9 aromatic rings. The Morgan fingerprint density at radius 1 is 0.488 bits per heavy atom. The third-order valence-corrected chi connectivity index (χ3v) is 9.53. The molecule has 0 spiro atoms. The third kappa shape index (κ3) is 3.07. The molecule has 0 bridgehead atoms. The van der Waals surface area contributed by atoms with E-state index < -0.39 is 0 Å². The minimum atomic E-state index is 0.679. The van der Waals surface area contributed by atoms with Crippen molar-refractivity contribution in [3.8, 4) is 17.4 Å². The summed E-state index contributed by atoms with van der Waals surface area (Å²) in [6, 6.07) is 47.7. The minimum absolute atomic E-state index is 0.679. The van der Waals surface area contributed by atoms with E-state index in [2.05, 4.69) is 130 Å². The second-order valence-corrected chi connectivity index (χ2v) is 11.6. The van der Waals surface area contributed by atoms with E-state index in [9.17, 15) is 5.26 Å². The Bertz CT molecular complexity index is 2450. The molecular weight excluding hydrogens is 518 g/mol. The van der Waals surface area contributed by atoms with Crippen LogP contribution in [0.3, 0.4) is 0 Å². The summed E-state index contributed by atoms with van der Waals surface area (Å²) in [5.41, 5.74) is 7.66. The number of rotatable bonds is 2. The van der Waals surface area contributed by atoms with Gasteiger partial charge in [-0.15, -0.1) is 11.3 Å². The Balaban J connectivity index is 1.50. The van der Waals surface area contributed by atoms with Crippen LogP contribution < -0.4 is 0 Å². The van der Waals surface area contributed by atoms with Crippen molar-refractivity contribution >= 4 is 75.1 Å². The van der Waals surface area contributed by atoms with Crippen LogP contribution in [0.2, 0.25) is 0 Å². The SMILES string of the molecule is N#Cc1ccc2sc3c(-n4c5ccccc5c5ccccc54)cc(-n4c5ccccc5c5ccccc54)cc3c2c1. The number of nitriles is 1. The van der Waals surface area contributed by atoms with Crippen molar-refractivity contribution in [2.75, 3.05) is 0 Å². The molecule has 0 aliphatic carbocycles. The highest BCUT2D eigenvalue weighted by molar-refractivity contribution is 7.26. The molecule has 3 heterocycles. The lowest BCUT2D eigenvalue weighted by Crippen LogP contribution is -1.99. The van der Waals surface area contributed by atoms with Gasteiger partial charge in [-0.1, -0.05) is 72.8 Å². The molecule has 0 unspecified atom stereocenters. The van der Waals surface area contributed by atoms with Gasteiger partial charge in [-0.3, -0.25) is 0 Å². The van der Waals surface area contributed by atoms with Gasteiger partial charge in [0.15, 0.2) is 0 Å². The van der Waals surface area contributed by atoms with Crippen LogP contribution in [-0.2, 0) is 0 Å².